The fraction of sp³-hybridized carbons (Fsp3) is 0.364. The lowest BCUT2D eigenvalue weighted by molar-refractivity contribution is 0.388. The van der Waals surface area contributed by atoms with Crippen LogP contribution in [0.4, 0.5) is 0 Å². The maximum atomic E-state index is 11.6. The molecule has 0 unspecified atom stereocenters. The molecule has 17 heavy (non-hydrogen) atoms. The van der Waals surface area contributed by atoms with Crippen LogP contribution in [0.2, 0.25) is 0 Å². The van der Waals surface area contributed by atoms with Gasteiger partial charge in [-0.15, -0.1) is 0 Å². The first-order valence-corrected chi connectivity index (χ1v) is 6.65. The maximum absolute atomic E-state index is 11.6. The fourth-order valence-corrected chi connectivity index (χ4v) is 2.35. The molecule has 0 aliphatic rings. The summed E-state index contributed by atoms with van der Waals surface area (Å²) in [4.78, 5) is 0.0320. The predicted molar refractivity (Wildman–Crippen MR) is 62.0 cm³/mol. The van der Waals surface area contributed by atoms with Gasteiger partial charge < -0.3 is 9.47 Å². The summed E-state index contributed by atoms with van der Waals surface area (Å²) < 4.78 is 33.3. The van der Waals surface area contributed by atoms with E-state index >= 15 is 0 Å². The summed E-state index contributed by atoms with van der Waals surface area (Å²) in [6, 6.07) is 4.94. The van der Waals surface area contributed by atoms with Crippen molar-refractivity contribution in [1.29, 1.82) is 5.26 Å². The Bertz CT molecular complexity index is 558. The van der Waals surface area contributed by atoms with E-state index in [2.05, 4.69) is 0 Å². The molecule has 0 saturated heterocycles. The van der Waals surface area contributed by atoms with Crippen LogP contribution in [-0.4, -0.2) is 28.9 Å². The topological polar surface area (TPSA) is 76.4 Å². The van der Waals surface area contributed by atoms with Crippen LogP contribution in [0.3, 0.4) is 0 Å². The Morgan fingerprint density at radius 1 is 1.29 bits per heavy atom. The zero-order chi connectivity index (χ0) is 13.1. The molecule has 0 fully saturated rings. The van der Waals surface area contributed by atoms with Crippen molar-refractivity contribution in [1.82, 2.24) is 0 Å². The highest BCUT2D eigenvalue weighted by molar-refractivity contribution is 7.90. The van der Waals surface area contributed by atoms with Gasteiger partial charge in [0.05, 0.1) is 26.7 Å². The van der Waals surface area contributed by atoms with Gasteiger partial charge in [0.2, 0.25) is 0 Å². The lowest BCUT2D eigenvalue weighted by Crippen LogP contribution is -2.04. The third-order valence-electron chi connectivity index (χ3n) is 2.21. The average molecular weight is 255 g/mol. The Morgan fingerprint density at radius 2 is 1.94 bits per heavy atom. The number of sulfone groups is 1. The standard InChI is InChI=1S/C11H13NO4S/c1-15-9-6-8(4-5-12)11(16-2)10(7-9)17(3,13)14/h6-7H,4H2,1-3H3. The summed E-state index contributed by atoms with van der Waals surface area (Å²) in [5.74, 6) is 0.589. The zero-order valence-electron chi connectivity index (χ0n) is 9.85. The monoisotopic (exact) mass is 255 g/mol. The fourth-order valence-electron chi connectivity index (χ4n) is 1.47. The minimum Gasteiger partial charge on any atom is -0.497 e. The molecule has 92 valence electrons. The summed E-state index contributed by atoms with van der Waals surface area (Å²) in [6.45, 7) is 0. The molecule has 0 radical (unpaired) electrons. The minimum atomic E-state index is -3.43. The second kappa shape index (κ2) is 5.06. The van der Waals surface area contributed by atoms with Crippen molar-refractivity contribution in [2.75, 3.05) is 20.5 Å². The highest BCUT2D eigenvalue weighted by Gasteiger charge is 2.19. The third-order valence-corrected chi connectivity index (χ3v) is 3.32. The normalized spacial score (nSPS) is 10.7. The van der Waals surface area contributed by atoms with Crippen LogP contribution in [0.1, 0.15) is 5.56 Å². The Kier molecular flexibility index (Phi) is 3.97. The molecule has 0 saturated carbocycles. The number of benzene rings is 1. The molecule has 0 aliphatic carbocycles. The SMILES string of the molecule is COc1cc(CC#N)c(OC)c(S(C)(=O)=O)c1. The van der Waals surface area contributed by atoms with Crippen molar-refractivity contribution in [2.24, 2.45) is 0 Å². The van der Waals surface area contributed by atoms with E-state index in [4.69, 9.17) is 14.7 Å². The van der Waals surface area contributed by atoms with Crippen LogP contribution >= 0.6 is 0 Å². The molecule has 0 bridgehead atoms. The van der Waals surface area contributed by atoms with Crippen molar-refractivity contribution in [3.63, 3.8) is 0 Å². The van der Waals surface area contributed by atoms with Gasteiger partial charge in [0, 0.05) is 17.9 Å². The van der Waals surface area contributed by atoms with Gasteiger partial charge in [-0.1, -0.05) is 0 Å². The number of nitriles is 1. The summed E-state index contributed by atoms with van der Waals surface area (Å²) in [7, 11) is -0.626. The van der Waals surface area contributed by atoms with Crippen LogP contribution in [0.15, 0.2) is 17.0 Å². The van der Waals surface area contributed by atoms with Crippen molar-refractivity contribution in [2.45, 2.75) is 11.3 Å². The second-order valence-corrected chi connectivity index (χ2v) is 5.41. The van der Waals surface area contributed by atoms with Crippen molar-refractivity contribution >= 4 is 9.84 Å². The van der Waals surface area contributed by atoms with Gasteiger partial charge in [0.15, 0.2) is 9.84 Å². The van der Waals surface area contributed by atoms with Gasteiger partial charge in [-0.3, -0.25) is 0 Å². The van der Waals surface area contributed by atoms with Gasteiger partial charge in [-0.25, -0.2) is 8.42 Å². The molecule has 0 atom stereocenters. The number of hydrogen-bond donors (Lipinski definition) is 0. The summed E-state index contributed by atoms with van der Waals surface area (Å²) in [5, 5.41) is 8.70. The Morgan fingerprint density at radius 3 is 2.35 bits per heavy atom. The minimum absolute atomic E-state index is 0.0320. The molecule has 1 aromatic rings. The molecular weight excluding hydrogens is 242 g/mol. The molecule has 0 N–H and O–H groups in total. The van der Waals surface area contributed by atoms with E-state index < -0.39 is 9.84 Å². The third kappa shape index (κ3) is 2.88. The molecule has 6 heteroatoms. The quantitative estimate of drug-likeness (QED) is 0.807. The molecule has 0 amide bonds. The molecule has 1 aromatic carbocycles. The van der Waals surface area contributed by atoms with Crippen LogP contribution < -0.4 is 9.47 Å². The number of nitrogens with zero attached hydrogens (tertiary/aromatic N) is 1. The Balaban J connectivity index is 3.57. The van der Waals surface area contributed by atoms with Crippen LogP contribution in [0, 0.1) is 11.3 Å². The van der Waals surface area contributed by atoms with Crippen molar-refractivity contribution in [3.8, 4) is 17.6 Å². The van der Waals surface area contributed by atoms with Crippen LogP contribution in [0.25, 0.3) is 0 Å². The average Bonchev–Trinajstić information content (AvgIpc) is 2.27. The largest absolute Gasteiger partial charge is 0.497 e. The zero-order valence-corrected chi connectivity index (χ0v) is 10.7. The smallest absolute Gasteiger partial charge is 0.179 e. The van der Waals surface area contributed by atoms with E-state index in [9.17, 15) is 8.42 Å². The first-order valence-electron chi connectivity index (χ1n) is 4.76. The molecule has 0 aromatic heterocycles. The molecule has 1 rings (SSSR count). The van der Waals surface area contributed by atoms with E-state index in [0.29, 0.717) is 11.3 Å². The number of hydrogen-bond acceptors (Lipinski definition) is 5. The van der Waals surface area contributed by atoms with E-state index in [0.717, 1.165) is 6.26 Å². The van der Waals surface area contributed by atoms with Crippen LogP contribution in [-0.2, 0) is 16.3 Å². The van der Waals surface area contributed by atoms with E-state index in [1.165, 1.54) is 20.3 Å². The first kappa shape index (κ1) is 13.3. The van der Waals surface area contributed by atoms with Gasteiger partial charge in [-0.2, -0.15) is 5.26 Å². The summed E-state index contributed by atoms with van der Waals surface area (Å²) >= 11 is 0. The highest BCUT2D eigenvalue weighted by Crippen LogP contribution is 2.33. The van der Waals surface area contributed by atoms with E-state index in [1.54, 1.807) is 6.07 Å². The van der Waals surface area contributed by atoms with E-state index in [1.807, 2.05) is 6.07 Å². The van der Waals surface area contributed by atoms with Gasteiger partial charge in [0.25, 0.3) is 0 Å². The second-order valence-electron chi connectivity index (χ2n) is 3.42. The molecule has 0 heterocycles. The summed E-state index contributed by atoms with van der Waals surface area (Å²) in [5.41, 5.74) is 0.495. The molecule has 0 spiro atoms. The predicted octanol–water partition coefficient (Wildman–Crippen LogP) is 1.17. The van der Waals surface area contributed by atoms with E-state index in [-0.39, 0.29) is 17.1 Å². The Hall–Kier alpha value is -1.74. The van der Waals surface area contributed by atoms with Gasteiger partial charge in [0.1, 0.15) is 16.4 Å². The maximum Gasteiger partial charge on any atom is 0.179 e. The number of methoxy groups -OCH3 is 2. The molecule has 5 nitrogen and oxygen atoms in total. The molecule has 0 aliphatic heterocycles. The Labute approximate surface area is 101 Å². The highest BCUT2D eigenvalue weighted by atomic mass is 32.2. The number of rotatable bonds is 4. The first-order chi connectivity index (χ1) is 7.93. The lowest BCUT2D eigenvalue weighted by atomic mass is 10.1. The van der Waals surface area contributed by atoms with Gasteiger partial charge >= 0.3 is 0 Å². The van der Waals surface area contributed by atoms with Crippen molar-refractivity contribution < 1.29 is 17.9 Å². The molecular formula is C11H13NO4S. The number of ether oxygens (including phenoxy) is 2. The van der Waals surface area contributed by atoms with Crippen LogP contribution in [0.5, 0.6) is 11.5 Å². The van der Waals surface area contributed by atoms with Gasteiger partial charge in [-0.05, 0) is 6.07 Å². The van der Waals surface area contributed by atoms with Crippen molar-refractivity contribution in [3.05, 3.63) is 17.7 Å². The summed E-state index contributed by atoms with van der Waals surface area (Å²) in [6.07, 6.45) is 1.14. The lowest BCUT2D eigenvalue weighted by Gasteiger charge is -2.12.